The fraction of sp³-hybridized carbons (Fsp3) is 0.577. The van der Waals surface area contributed by atoms with Crippen LogP contribution in [0.25, 0.3) is 10.9 Å². The van der Waals surface area contributed by atoms with Crippen molar-refractivity contribution in [2.45, 2.75) is 71.1 Å². The number of ether oxygens (including phenoxy) is 2. The molecule has 0 bridgehead atoms. The number of hydrogen-bond acceptors (Lipinski definition) is 7. The van der Waals surface area contributed by atoms with Crippen molar-refractivity contribution in [3.05, 3.63) is 33.9 Å². The number of halogens is 1. The van der Waals surface area contributed by atoms with Crippen LogP contribution >= 0.6 is 0 Å². The Hall–Kier alpha value is -3.14. The van der Waals surface area contributed by atoms with Gasteiger partial charge in [0.25, 0.3) is 0 Å². The number of anilines is 1. The number of piperazine rings is 1. The molecule has 2 aromatic rings. The molecule has 0 amide bonds. The smallest absolute Gasteiger partial charge is 0.341 e. The number of nitrogens with zero attached hydrogens (tertiary/aromatic N) is 3. The molecule has 1 aliphatic carbocycles. The number of carbonyl (C=O) groups excluding carboxylic acids is 1. The highest BCUT2D eigenvalue weighted by atomic mass is 19.1. The van der Waals surface area contributed by atoms with E-state index < -0.39 is 22.8 Å². The molecule has 36 heavy (non-hydrogen) atoms. The van der Waals surface area contributed by atoms with Crippen LogP contribution in [0.5, 0.6) is 5.75 Å². The van der Waals surface area contributed by atoms with Gasteiger partial charge in [-0.15, -0.1) is 0 Å². The molecule has 1 aromatic heterocycles. The topological polar surface area (TPSA) is 101 Å². The van der Waals surface area contributed by atoms with Crippen molar-refractivity contribution in [2.75, 3.05) is 31.7 Å². The fourth-order valence-electron chi connectivity index (χ4n) is 5.74. The zero-order chi connectivity index (χ0) is 26.5. The maximum absolute atomic E-state index is 15.7. The monoisotopic (exact) mass is 503 g/mol. The van der Waals surface area contributed by atoms with Crippen molar-refractivity contribution < 1.29 is 28.6 Å². The molecule has 1 saturated heterocycles. The number of carboxylic acids is 1. The Labute approximate surface area is 209 Å². The molecule has 0 radical (unpaired) electrons. The number of methoxy groups -OCH3 is 1. The Balaban J connectivity index is 1.82. The number of fused-ring (bicyclic) bond motifs is 1. The molecule has 2 heterocycles. The van der Waals surface area contributed by atoms with Gasteiger partial charge in [-0.1, -0.05) is 0 Å². The van der Waals surface area contributed by atoms with Crippen LogP contribution in [-0.2, 0) is 9.53 Å². The van der Waals surface area contributed by atoms with Crippen molar-refractivity contribution >= 4 is 28.5 Å². The molecule has 1 N–H and O–H groups in total. The summed E-state index contributed by atoms with van der Waals surface area (Å²) in [6, 6.07) is 0.893. The summed E-state index contributed by atoms with van der Waals surface area (Å²) in [5.41, 5.74) is -1.36. The third-order valence-corrected chi connectivity index (χ3v) is 7.23. The lowest BCUT2D eigenvalue weighted by Gasteiger charge is -2.51. The predicted octanol–water partition coefficient (Wildman–Crippen LogP) is 3.42. The molecule has 2 atom stereocenters. The average molecular weight is 504 g/mol. The predicted molar refractivity (Wildman–Crippen MR) is 134 cm³/mol. The zero-order valence-electron chi connectivity index (χ0n) is 21.6. The normalized spacial score (nSPS) is 21.0. The second-order valence-corrected chi connectivity index (χ2v) is 10.2. The van der Waals surface area contributed by atoms with Crippen molar-refractivity contribution in [1.29, 1.82) is 0 Å². The van der Waals surface area contributed by atoms with Crippen molar-refractivity contribution in [2.24, 2.45) is 0 Å². The van der Waals surface area contributed by atoms with Crippen molar-refractivity contribution in [3.8, 4) is 5.75 Å². The van der Waals surface area contributed by atoms with Crippen LogP contribution in [0, 0.1) is 5.82 Å². The summed E-state index contributed by atoms with van der Waals surface area (Å²) in [5.74, 6) is -2.10. The number of benzene rings is 1. The average Bonchev–Trinajstić information content (AvgIpc) is 3.63. The molecule has 1 aromatic carbocycles. The molecular formula is C26H34FN3O6. The third-order valence-electron chi connectivity index (χ3n) is 7.23. The van der Waals surface area contributed by atoms with Gasteiger partial charge in [-0.25, -0.2) is 9.18 Å². The molecular weight excluding hydrogens is 469 g/mol. The minimum Gasteiger partial charge on any atom is -0.492 e. The Morgan fingerprint density at radius 3 is 2.31 bits per heavy atom. The van der Waals surface area contributed by atoms with Gasteiger partial charge in [0.2, 0.25) is 5.43 Å². The summed E-state index contributed by atoms with van der Waals surface area (Å²) in [5, 5.41) is 9.53. The summed E-state index contributed by atoms with van der Waals surface area (Å²) >= 11 is 0. The van der Waals surface area contributed by atoms with Gasteiger partial charge >= 0.3 is 11.9 Å². The van der Waals surface area contributed by atoms with Crippen LogP contribution in [0.15, 0.2) is 17.1 Å². The van der Waals surface area contributed by atoms with E-state index in [2.05, 4.69) is 4.90 Å². The summed E-state index contributed by atoms with van der Waals surface area (Å²) in [7, 11) is 1.43. The Morgan fingerprint density at radius 2 is 1.81 bits per heavy atom. The molecule has 9 nitrogen and oxygen atoms in total. The van der Waals surface area contributed by atoms with Crippen LogP contribution in [0.4, 0.5) is 10.1 Å². The second-order valence-electron chi connectivity index (χ2n) is 10.2. The highest BCUT2D eigenvalue weighted by Crippen LogP contribution is 2.44. The number of aromatic carboxylic acids is 1. The standard InChI is InChI=1S/C26H34FN3O6/c1-7-36-25(34)26(4,5)30-14(2)11-28(12-15(30)3)21-19(27)10-17-20(23(21)35-6)29(16-8-9-16)13-18(22(17)31)24(32)33/h10,13-16H,7-9,11-12H2,1-6H3,(H,32,33). The quantitative estimate of drug-likeness (QED) is 0.574. The Kier molecular flexibility index (Phi) is 6.76. The SMILES string of the molecule is CCOC(=O)C(C)(C)N1C(C)CN(c2c(F)cc3c(=O)c(C(=O)O)cn(C4CC4)c3c2OC)CC1C. The van der Waals surface area contributed by atoms with Gasteiger partial charge in [0, 0.05) is 37.4 Å². The molecule has 1 saturated carbocycles. The Bertz CT molecular complexity index is 1260. The first-order valence-corrected chi connectivity index (χ1v) is 12.3. The van der Waals surface area contributed by atoms with E-state index in [0.29, 0.717) is 18.6 Å². The van der Waals surface area contributed by atoms with E-state index in [1.165, 1.54) is 13.3 Å². The van der Waals surface area contributed by atoms with E-state index in [-0.39, 0.29) is 53.1 Å². The van der Waals surface area contributed by atoms with E-state index in [1.807, 2.05) is 32.6 Å². The maximum Gasteiger partial charge on any atom is 0.341 e. The number of esters is 1. The molecule has 1 aliphatic heterocycles. The van der Waals surface area contributed by atoms with Crippen molar-refractivity contribution in [3.63, 3.8) is 0 Å². The van der Waals surface area contributed by atoms with Crippen LogP contribution < -0.4 is 15.1 Å². The molecule has 2 unspecified atom stereocenters. The molecule has 196 valence electrons. The molecule has 10 heteroatoms. The lowest BCUT2D eigenvalue weighted by molar-refractivity contribution is -0.159. The Morgan fingerprint density at radius 1 is 1.19 bits per heavy atom. The van der Waals surface area contributed by atoms with Crippen LogP contribution in [0.1, 0.15) is 63.9 Å². The minimum atomic E-state index is -1.34. The van der Waals surface area contributed by atoms with E-state index >= 15 is 4.39 Å². The highest BCUT2D eigenvalue weighted by molar-refractivity contribution is 5.97. The van der Waals surface area contributed by atoms with Gasteiger partial charge in [0.1, 0.15) is 16.8 Å². The minimum absolute atomic E-state index is 0.0110. The summed E-state index contributed by atoms with van der Waals surface area (Å²) in [6.45, 7) is 10.5. The summed E-state index contributed by atoms with van der Waals surface area (Å²) in [4.78, 5) is 41.3. The zero-order valence-corrected chi connectivity index (χ0v) is 21.6. The number of carboxylic acid groups (broad SMARTS) is 1. The molecule has 2 aliphatic rings. The van der Waals surface area contributed by atoms with Gasteiger partial charge < -0.3 is 24.0 Å². The number of hydrogen-bond donors (Lipinski definition) is 1. The van der Waals surface area contributed by atoms with E-state index in [0.717, 1.165) is 18.9 Å². The first-order chi connectivity index (χ1) is 16.9. The lowest BCUT2D eigenvalue weighted by atomic mass is 9.94. The van der Waals surface area contributed by atoms with Crippen LogP contribution in [0.3, 0.4) is 0 Å². The highest BCUT2D eigenvalue weighted by Gasteiger charge is 2.45. The molecule has 4 rings (SSSR count). The number of pyridine rings is 1. The first-order valence-electron chi connectivity index (χ1n) is 12.3. The molecule has 2 fully saturated rings. The third kappa shape index (κ3) is 4.21. The van der Waals surface area contributed by atoms with Gasteiger partial charge in [-0.3, -0.25) is 14.5 Å². The maximum atomic E-state index is 15.7. The van der Waals surface area contributed by atoms with Crippen LogP contribution in [-0.4, -0.2) is 70.9 Å². The van der Waals surface area contributed by atoms with E-state index in [1.54, 1.807) is 11.5 Å². The van der Waals surface area contributed by atoms with Gasteiger partial charge in [0.05, 0.1) is 24.6 Å². The van der Waals surface area contributed by atoms with Crippen LogP contribution in [0.2, 0.25) is 0 Å². The van der Waals surface area contributed by atoms with Gasteiger partial charge in [-0.05, 0) is 53.5 Å². The lowest BCUT2D eigenvalue weighted by Crippen LogP contribution is -2.66. The van der Waals surface area contributed by atoms with Crippen molar-refractivity contribution in [1.82, 2.24) is 9.47 Å². The van der Waals surface area contributed by atoms with E-state index in [9.17, 15) is 19.5 Å². The summed E-state index contributed by atoms with van der Waals surface area (Å²) < 4.78 is 28.5. The number of rotatable bonds is 7. The summed E-state index contributed by atoms with van der Waals surface area (Å²) in [6.07, 6.45) is 3.02. The van der Waals surface area contributed by atoms with Gasteiger partial charge in [0.15, 0.2) is 11.6 Å². The van der Waals surface area contributed by atoms with E-state index in [4.69, 9.17) is 9.47 Å². The number of aromatic nitrogens is 1. The largest absolute Gasteiger partial charge is 0.492 e. The van der Waals surface area contributed by atoms with Gasteiger partial charge in [-0.2, -0.15) is 0 Å². The first kappa shape index (κ1) is 25.9. The number of carbonyl (C=O) groups is 2. The fourth-order valence-corrected chi connectivity index (χ4v) is 5.74. The molecule has 0 spiro atoms. The second kappa shape index (κ2) is 9.38.